The number of esters is 1. The lowest BCUT2D eigenvalue weighted by Gasteiger charge is -2.22. The van der Waals surface area contributed by atoms with Gasteiger partial charge in [0, 0.05) is 6.92 Å². The molecule has 0 bridgehead atoms. The van der Waals surface area contributed by atoms with Crippen LogP contribution < -0.4 is 14.5 Å². The van der Waals surface area contributed by atoms with Gasteiger partial charge in [0.25, 0.3) is 5.91 Å². The van der Waals surface area contributed by atoms with Gasteiger partial charge in [0.05, 0.1) is 28.2 Å². The first kappa shape index (κ1) is 22.7. The fourth-order valence-electron chi connectivity index (χ4n) is 2.20. The lowest BCUT2D eigenvalue weighted by Crippen LogP contribution is -2.39. The van der Waals surface area contributed by atoms with Gasteiger partial charge in [-0.3, -0.25) is 13.9 Å². The minimum atomic E-state index is -3.81. The third-order valence-electron chi connectivity index (χ3n) is 3.43. The Kier molecular flexibility index (Phi) is 7.60. The summed E-state index contributed by atoms with van der Waals surface area (Å²) in [4.78, 5) is 23.1. The van der Waals surface area contributed by atoms with E-state index in [2.05, 4.69) is 10.5 Å². The first-order chi connectivity index (χ1) is 13.6. The number of ether oxygens (including phenoxy) is 1. The molecule has 0 unspecified atom stereocenters. The molecule has 1 amide bonds. The summed E-state index contributed by atoms with van der Waals surface area (Å²) in [6.45, 7) is 0.753. The van der Waals surface area contributed by atoms with Crippen molar-refractivity contribution in [2.24, 2.45) is 5.10 Å². The minimum absolute atomic E-state index is 0.0174. The molecule has 0 atom stereocenters. The van der Waals surface area contributed by atoms with Crippen LogP contribution in [0.4, 0.5) is 5.69 Å². The van der Waals surface area contributed by atoms with Crippen LogP contribution in [-0.4, -0.2) is 39.3 Å². The second-order valence-electron chi connectivity index (χ2n) is 5.80. The second-order valence-corrected chi connectivity index (χ2v) is 8.49. The maximum atomic E-state index is 12.2. The average molecular weight is 458 g/mol. The third kappa shape index (κ3) is 6.74. The molecule has 0 fully saturated rings. The van der Waals surface area contributed by atoms with E-state index in [-0.39, 0.29) is 15.7 Å². The molecule has 2 aromatic carbocycles. The smallest absolute Gasteiger partial charge is 0.308 e. The number of nitrogens with one attached hydrogen (secondary N) is 1. The zero-order valence-corrected chi connectivity index (χ0v) is 17.8. The van der Waals surface area contributed by atoms with Gasteiger partial charge in [0.2, 0.25) is 10.0 Å². The summed E-state index contributed by atoms with van der Waals surface area (Å²) < 4.78 is 30.0. The number of amides is 1. The van der Waals surface area contributed by atoms with E-state index in [0.29, 0.717) is 11.3 Å². The Morgan fingerprint density at radius 1 is 1.17 bits per heavy atom. The molecule has 154 valence electrons. The van der Waals surface area contributed by atoms with E-state index in [4.69, 9.17) is 27.9 Å². The van der Waals surface area contributed by atoms with Crippen LogP contribution in [0.3, 0.4) is 0 Å². The first-order valence-electron chi connectivity index (χ1n) is 8.10. The van der Waals surface area contributed by atoms with Gasteiger partial charge in [-0.1, -0.05) is 29.3 Å². The number of benzene rings is 2. The van der Waals surface area contributed by atoms with Crippen LogP contribution in [0.1, 0.15) is 12.5 Å². The van der Waals surface area contributed by atoms with Crippen LogP contribution in [-0.2, 0) is 19.6 Å². The fourth-order valence-corrected chi connectivity index (χ4v) is 3.51. The molecule has 11 heteroatoms. The number of halogens is 2. The lowest BCUT2D eigenvalue weighted by molar-refractivity contribution is -0.131. The van der Waals surface area contributed by atoms with Crippen LogP contribution in [0.25, 0.3) is 0 Å². The van der Waals surface area contributed by atoms with Gasteiger partial charge in [-0.25, -0.2) is 13.8 Å². The van der Waals surface area contributed by atoms with Crippen molar-refractivity contribution in [3.8, 4) is 5.75 Å². The summed E-state index contributed by atoms with van der Waals surface area (Å²) in [5.74, 6) is -0.742. The number of anilines is 1. The molecule has 0 radical (unpaired) electrons. The Morgan fingerprint density at radius 3 is 2.41 bits per heavy atom. The molecular formula is C18H17Cl2N3O5S. The van der Waals surface area contributed by atoms with Crippen LogP contribution in [0.15, 0.2) is 47.6 Å². The molecule has 0 saturated heterocycles. The number of nitrogens with zero attached hydrogens (tertiary/aromatic N) is 2. The topological polar surface area (TPSA) is 105 Å². The SMILES string of the molecule is CC(=O)Oc1ccc(/C=N\NC(=O)CN(c2cccc(Cl)c2Cl)S(C)(=O)=O)cc1. The standard InChI is InChI=1S/C18H17Cl2N3O5S/c1-12(24)28-14-8-6-13(7-9-14)10-21-22-17(25)11-23(29(2,26)27)16-5-3-4-15(19)18(16)20/h3-10H,11H2,1-2H3,(H,22,25)/b21-10-. The predicted octanol–water partition coefficient (Wildman–Crippen LogP) is 2.84. The largest absolute Gasteiger partial charge is 0.427 e. The van der Waals surface area contributed by atoms with E-state index in [1.165, 1.54) is 31.3 Å². The summed E-state index contributed by atoms with van der Waals surface area (Å²) in [5, 5.41) is 3.97. The maximum absolute atomic E-state index is 12.2. The minimum Gasteiger partial charge on any atom is -0.427 e. The van der Waals surface area contributed by atoms with Crippen molar-refractivity contribution < 1.29 is 22.7 Å². The molecule has 0 aromatic heterocycles. The Hall–Kier alpha value is -2.62. The van der Waals surface area contributed by atoms with Crippen molar-refractivity contribution >= 4 is 57.0 Å². The number of carbonyl (C=O) groups excluding carboxylic acids is 2. The van der Waals surface area contributed by atoms with Gasteiger partial charge >= 0.3 is 5.97 Å². The number of hydrogen-bond donors (Lipinski definition) is 1. The number of hydrogen-bond acceptors (Lipinski definition) is 6. The van der Waals surface area contributed by atoms with Gasteiger partial charge in [-0.15, -0.1) is 0 Å². The van der Waals surface area contributed by atoms with Crippen molar-refractivity contribution in [3.63, 3.8) is 0 Å². The molecule has 0 heterocycles. The van der Waals surface area contributed by atoms with Crippen LogP contribution in [0, 0.1) is 0 Å². The van der Waals surface area contributed by atoms with Crippen molar-refractivity contribution in [2.45, 2.75) is 6.92 Å². The van der Waals surface area contributed by atoms with Crippen LogP contribution in [0.2, 0.25) is 10.0 Å². The second kappa shape index (κ2) is 9.73. The molecule has 0 saturated carbocycles. The third-order valence-corrected chi connectivity index (χ3v) is 5.37. The summed E-state index contributed by atoms with van der Waals surface area (Å²) in [6, 6.07) is 10.9. The van der Waals surface area contributed by atoms with Gasteiger partial charge in [0.15, 0.2) is 0 Å². The Morgan fingerprint density at radius 2 is 1.83 bits per heavy atom. The molecular weight excluding hydrogens is 441 g/mol. The summed E-state index contributed by atoms with van der Waals surface area (Å²) in [6.07, 6.45) is 2.30. The molecule has 0 spiro atoms. The molecule has 8 nitrogen and oxygen atoms in total. The molecule has 0 aliphatic heterocycles. The fraction of sp³-hybridized carbons (Fsp3) is 0.167. The number of sulfonamides is 1. The van der Waals surface area contributed by atoms with Gasteiger partial charge < -0.3 is 4.74 Å². The summed E-state index contributed by atoms with van der Waals surface area (Å²) in [5.41, 5.74) is 2.96. The molecule has 2 aromatic rings. The zero-order chi connectivity index (χ0) is 21.6. The highest BCUT2D eigenvalue weighted by molar-refractivity contribution is 7.92. The van der Waals surface area contributed by atoms with Crippen LogP contribution >= 0.6 is 23.2 Å². The van der Waals surface area contributed by atoms with Crippen LogP contribution in [0.5, 0.6) is 5.75 Å². The molecule has 0 aliphatic rings. The van der Waals surface area contributed by atoms with E-state index in [0.717, 1.165) is 10.6 Å². The van der Waals surface area contributed by atoms with E-state index in [1.807, 2.05) is 0 Å². The monoisotopic (exact) mass is 457 g/mol. The number of rotatable bonds is 7. The van der Waals surface area contributed by atoms with E-state index in [1.54, 1.807) is 24.3 Å². The van der Waals surface area contributed by atoms with Crippen molar-refractivity contribution in [1.82, 2.24) is 5.43 Å². The van der Waals surface area contributed by atoms with E-state index in [9.17, 15) is 18.0 Å². The van der Waals surface area contributed by atoms with Crippen molar-refractivity contribution in [3.05, 3.63) is 58.1 Å². The maximum Gasteiger partial charge on any atom is 0.308 e. The highest BCUT2D eigenvalue weighted by Crippen LogP contribution is 2.33. The van der Waals surface area contributed by atoms with E-state index >= 15 is 0 Å². The summed E-state index contributed by atoms with van der Waals surface area (Å²) in [7, 11) is -3.81. The average Bonchev–Trinajstić information content (AvgIpc) is 2.62. The van der Waals surface area contributed by atoms with Gasteiger partial charge in [-0.05, 0) is 42.0 Å². The van der Waals surface area contributed by atoms with Crippen molar-refractivity contribution in [1.29, 1.82) is 0 Å². The zero-order valence-electron chi connectivity index (χ0n) is 15.4. The highest BCUT2D eigenvalue weighted by atomic mass is 35.5. The molecule has 1 N–H and O–H groups in total. The van der Waals surface area contributed by atoms with Crippen molar-refractivity contribution in [2.75, 3.05) is 17.1 Å². The Balaban J connectivity index is 2.06. The van der Waals surface area contributed by atoms with Gasteiger partial charge in [-0.2, -0.15) is 5.10 Å². The Bertz CT molecular complexity index is 1040. The number of carbonyl (C=O) groups is 2. The number of hydrazone groups is 1. The highest BCUT2D eigenvalue weighted by Gasteiger charge is 2.23. The molecule has 29 heavy (non-hydrogen) atoms. The van der Waals surface area contributed by atoms with Gasteiger partial charge in [0.1, 0.15) is 12.3 Å². The normalized spacial score (nSPS) is 11.3. The Labute approximate surface area is 178 Å². The molecule has 2 rings (SSSR count). The van der Waals surface area contributed by atoms with E-state index < -0.39 is 28.4 Å². The first-order valence-corrected chi connectivity index (χ1v) is 10.7. The lowest BCUT2D eigenvalue weighted by atomic mass is 10.2. The molecule has 0 aliphatic carbocycles. The summed E-state index contributed by atoms with van der Waals surface area (Å²) >= 11 is 12.0. The predicted molar refractivity (Wildman–Crippen MR) is 112 cm³/mol. The quantitative estimate of drug-likeness (QED) is 0.297.